The quantitative estimate of drug-likeness (QED) is 0.502. The molecule has 0 spiro atoms. The molecule has 1 fully saturated rings. The molecule has 0 bridgehead atoms. The first-order chi connectivity index (χ1) is 9.58. The van der Waals surface area contributed by atoms with Crippen molar-refractivity contribution in [1.82, 2.24) is 0 Å². The Hall–Kier alpha value is -2.43. The van der Waals surface area contributed by atoms with Crippen LogP contribution in [0.15, 0.2) is 36.4 Å². The number of esters is 1. The van der Waals surface area contributed by atoms with Crippen molar-refractivity contribution < 1.29 is 19.1 Å². The van der Waals surface area contributed by atoms with Gasteiger partial charge in [-0.2, -0.15) is 0 Å². The monoisotopic (exact) mass is 273 g/mol. The third-order valence-electron chi connectivity index (χ3n) is 2.97. The fourth-order valence-electron chi connectivity index (χ4n) is 1.99. The molecular weight excluding hydrogens is 258 g/mol. The number of nitrogens with one attached hydrogen (secondary N) is 1. The van der Waals surface area contributed by atoms with E-state index < -0.39 is 6.10 Å². The van der Waals surface area contributed by atoms with Crippen LogP contribution in [0.4, 0.5) is 5.69 Å². The van der Waals surface area contributed by atoms with Gasteiger partial charge in [0.1, 0.15) is 12.4 Å². The molecule has 1 aromatic carbocycles. The fourth-order valence-corrected chi connectivity index (χ4v) is 1.99. The lowest BCUT2D eigenvalue weighted by molar-refractivity contribution is -0.140. The van der Waals surface area contributed by atoms with Gasteiger partial charge in [-0.3, -0.25) is 14.4 Å². The summed E-state index contributed by atoms with van der Waals surface area (Å²) in [5.41, 5.74) is 1.38. The maximum absolute atomic E-state index is 11.4. The van der Waals surface area contributed by atoms with Gasteiger partial charge in [0.25, 0.3) is 0 Å². The van der Waals surface area contributed by atoms with Gasteiger partial charge in [-0.25, -0.2) is 0 Å². The number of benzene rings is 1. The Balaban J connectivity index is 2.07. The molecular formula is C15H15NO4. The Kier molecular flexibility index (Phi) is 4.30. The van der Waals surface area contributed by atoms with E-state index in [0.717, 1.165) is 12.0 Å². The summed E-state index contributed by atoms with van der Waals surface area (Å²) in [6.45, 7) is 1.44. The van der Waals surface area contributed by atoms with Gasteiger partial charge in [-0.15, -0.1) is 0 Å². The predicted molar refractivity (Wildman–Crippen MR) is 73.6 cm³/mol. The molecule has 2 atom stereocenters. The SMILES string of the molecule is CC(=O)/C=C/C1OC(=O)CC1Nc1ccc(C=O)cc1. The van der Waals surface area contributed by atoms with Crippen LogP contribution in [-0.4, -0.2) is 30.2 Å². The Morgan fingerprint density at radius 1 is 1.35 bits per heavy atom. The summed E-state index contributed by atoms with van der Waals surface area (Å²) in [4.78, 5) is 32.9. The van der Waals surface area contributed by atoms with Crippen LogP contribution >= 0.6 is 0 Å². The van der Waals surface area contributed by atoms with Crippen molar-refractivity contribution >= 4 is 23.7 Å². The average molecular weight is 273 g/mol. The number of ketones is 1. The highest BCUT2D eigenvalue weighted by molar-refractivity contribution is 5.87. The molecule has 1 N–H and O–H groups in total. The summed E-state index contributed by atoms with van der Waals surface area (Å²) in [5, 5.41) is 3.17. The summed E-state index contributed by atoms with van der Waals surface area (Å²) in [7, 11) is 0. The van der Waals surface area contributed by atoms with Gasteiger partial charge in [0, 0.05) is 11.3 Å². The first-order valence-corrected chi connectivity index (χ1v) is 6.28. The third kappa shape index (κ3) is 3.54. The van der Waals surface area contributed by atoms with Gasteiger partial charge < -0.3 is 10.1 Å². The van der Waals surface area contributed by atoms with Crippen LogP contribution in [0.1, 0.15) is 23.7 Å². The molecule has 20 heavy (non-hydrogen) atoms. The van der Waals surface area contributed by atoms with E-state index in [0.29, 0.717) is 5.56 Å². The predicted octanol–water partition coefficient (Wildman–Crippen LogP) is 1.74. The minimum absolute atomic E-state index is 0.0953. The molecule has 0 aromatic heterocycles. The first kappa shape index (κ1) is 14.0. The third-order valence-corrected chi connectivity index (χ3v) is 2.97. The summed E-state index contributed by atoms with van der Waals surface area (Å²) >= 11 is 0. The maximum atomic E-state index is 11.4. The average Bonchev–Trinajstić information content (AvgIpc) is 2.77. The van der Waals surface area contributed by atoms with Crippen LogP contribution in [0.25, 0.3) is 0 Å². The molecule has 2 unspecified atom stereocenters. The van der Waals surface area contributed by atoms with E-state index in [9.17, 15) is 14.4 Å². The molecule has 5 nitrogen and oxygen atoms in total. The zero-order valence-corrected chi connectivity index (χ0v) is 11.0. The molecule has 0 aliphatic carbocycles. The largest absolute Gasteiger partial charge is 0.456 e. The second kappa shape index (κ2) is 6.14. The molecule has 0 radical (unpaired) electrons. The number of carbonyl (C=O) groups excluding carboxylic acids is 3. The minimum Gasteiger partial charge on any atom is -0.456 e. The van der Waals surface area contributed by atoms with E-state index in [1.165, 1.54) is 13.0 Å². The Labute approximate surface area is 116 Å². The molecule has 1 aromatic rings. The van der Waals surface area contributed by atoms with Gasteiger partial charge in [0.2, 0.25) is 0 Å². The fraction of sp³-hybridized carbons (Fsp3) is 0.267. The van der Waals surface area contributed by atoms with E-state index in [2.05, 4.69) is 5.32 Å². The van der Waals surface area contributed by atoms with Crippen molar-refractivity contribution in [2.24, 2.45) is 0 Å². The summed E-state index contributed by atoms with van der Waals surface area (Å²) in [5.74, 6) is -0.396. The van der Waals surface area contributed by atoms with E-state index >= 15 is 0 Å². The second-order valence-corrected chi connectivity index (χ2v) is 4.62. The number of ether oxygens (including phenoxy) is 1. The number of rotatable bonds is 5. The van der Waals surface area contributed by atoms with E-state index in [1.807, 2.05) is 0 Å². The molecule has 0 amide bonds. The standard InChI is InChI=1S/C15H15NO4/c1-10(18)2-7-14-13(8-15(19)20-14)16-12-5-3-11(9-17)4-6-12/h2-7,9,13-14,16H,8H2,1H3/b7-2+. The van der Waals surface area contributed by atoms with E-state index in [4.69, 9.17) is 4.74 Å². The molecule has 1 aliphatic rings. The Morgan fingerprint density at radius 2 is 2.05 bits per heavy atom. The molecule has 5 heteroatoms. The van der Waals surface area contributed by atoms with Crippen molar-refractivity contribution in [3.8, 4) is 0 Å². The zero-order chi connectivity index (χ0) is 14.5. The van der Waals surface area contributed by atoms with Crippen LogP contribution in [0.2, 0.25) is 0 Å². The molecule has 1 heterocycles. The van der Waals surface area contributed by atoms with Crippen LogP contribution in [-0.2, 0) is 14.3 Å². The van der Waals surface area contributed by atoms with Crippen LogP contribution in [0.3, 0.4) is 0 Å². The number of cyclic esters (lactones) is 1. The maximum Gasteiger partial charge on any atom is 0.308 e. The molecule has 1 aliphatic heterocycles. The van der Waals surface area contributed by atoms with Crippen molar-refractivity contribution in [2.45, 2.75) is 25.5 Å². The van der Waals surface area contributed by atoms with Crippen molar-refractivity contribution in [3.63, 3.8) is 0 Å². The molecule has 1 saturated heterocycles. The van der Waals surface area contributed by atoms with Gasteiger partial charge in [0.15, 0.2) is 5.78 Å². The van der Waals surface area contributed by atoms with Crippen LogP contribution in [0.5, 0.6) is 0 Å². The van der Waals surface area contributed by atoms with Crippen LogP contribution in [0, 0.1) is 0 Å². The van der Waals surface area contributed by atoms with Gasteiger partial charge >= 0.3 is 5.97 Å². The van der Waals surface area contributed by atoms with Gasteiger partial charge in [-0.1, -0.05) is 0 Å². The molecule has 0 saturated carbocycles. The number of aldehydes is 1. The lowest BCUT2D eigenvalue weighted by Gasteiger charge is -2.17. The highest BCUT2D eigenvalue weighted by atomic mass is 16.6. The zero-order valence-electron chi connectivity index (χ0n) is 11.0. The number of carbonyl (C=O) groups is 3. The van der Waals surface area contributed by atoms with Crippen molar-refractivity contribution in [3.05, 3.63) is 42.0 Å². The molecule has 104 valence electrons. The topological polar surface area (TPSA) is 72.5 Å². The Morgan fingerprint density at radius 3 is 2.65 bits per heavy atom. The second-order valence-electron chi connectivity index (χ2n) is 4.62. The van der Waals surface area contributed by atoms with Gasteiger partial charge in [-0.05, 0) is 43.3 Å². The van der Waals surface area contributed by atoms with Crippen LogP contribution < -0.4 is 5.32 Å². The lowest BCUT2D eigenvalue weighted by Crippen LogP contribution is -2.27. The number of anilines is 1. The van der Waals surface area contributed by atoms with E-state index in [-0.39, 0.29) is 24.2 Å². The highest BCUT2D eigenvalue weighted by Gasteiger charge is 2.32. The number of hydrogen-bond donors (Lipinski definition) is 1. The first-order valence-electron chi connectivity index (χ1n) is 6.28. The summed E-state index contributed by atoms with van der Waals surface area (Å²) < 4.78 is 5.14. The normalized spacial score (nSPS) is 21.8. The Bertz CT molecular complexity index is 547. The number of allylic oxidation sites excluding steroid dienone is 1. The minimum atomic E-state index is -0.461. The van der Waals surface area contributed by atoms with Crippen molar-refractivity contribution in [1.29, 1.82) is 0 Å². The van der Waals surface area contributed by atoms with E-state index in [1.54, 1.807) is 30.3 Å². The highest BCUT2D eigenvalue weighted by Crippen LogP contribution is 2.21. The lowest BCUT2D eigenvalue weighted by atomic mass is 10.1. The number of hydrogen-bond acceptors (Lipinski definition) is 5. The van der Waals surface area contributed by atoms with Gasteiger partial charge in [0.05, 0.1) is 12.5 Å². The summed E-state index contributed by atoms with van der Waals surface area (Å²) in [6, 6.07) is 6.68. The summed E-state index contributed by atoms with van der Waals surface area (Å²) in [6.07, 6.45) is 3.53. The smallest absolute Gasteiger partial charge is 0.308 e. The van der Waals surface area contributed by atoms with Crippen molar-refractivity contribution in [2.75, 3.05) is 5.32 Å². The molecule has 2 rings (SSSR count).